The van der Waals surface area contributed by atoms with Gasteiger partial charge in [-0.05, 0) is 51.0 Å². The van der Waals surface area contributed by atoms with Crippen LogP contribution in [0.4, 0.5) is 0 Å². The first-order valence-electron chi connectivity index (χ1n) is 8.44. The van der Waals surface area contributed by atoms with Crippen LogP contribution in [-0.4, -0.2) is 22.4 Å². The molecule has 1 aromatic rings. The summed E-state index contributed by atoms with van der Waals surface area (Å²) >= 11 is 6.43. The van der Waals surface area contributed by atoms with Crippen molar-refractivity contribution in [3.8, 4) is 0 Å². The van der Waals surface area contributed by atoms with Gasteiger partial charge in [-0.3, -0.25) is 4.68 Å². The third-order valence-electron chi connectivity index (χ3n) is 4.98. The first kappa shape index (κ1) is 16.8. The summed E-state index contributed by atoms with van der Waals surface area (Å²) in [7, 11) is 1.93. The number of halogens is 1. The van der Waals surface area contributed by atoms with Gasteiger partial charge in [-0.1, -0.05) is 38.3 Å². The van der Waals surface area contributed by atoms with Crippen LogP contribution in [0.25, 0.3) is 0 Å². The van der Waals surface area contributed by atoms with Gasteiger partial charge in [0.05, 0.1) is 5.69 Å². The Hall–Kier alpha value is -0.540. The lowest BCUT2D eigenvalue weighted by Gasteiger charge is -2.33. The predicted octanol–water partition coefficient (Wildman–Crippen LogP) is 4.12. The molecule has 1 N–H and O–H groups in total. The van der Waals surface area contributed by atoms with Crippen LogP contribution in [0, 0.1) is 18.8 Å². The van der Waals surface area contributed by atoms with E-state index in [1.807, 2.05) is 7.05 Å². The van der Waals surface area contributed by atoms with E-state index in [0.29, 0.717) is 6.04 Å². The van der Waals surface area contributed by atoms with Gasteiger partial charge in [0, 0.05) is 18.7 Å². The van der Waals surface area contributed by atoms with Crippen LogP contribution >= 0.6 is 11.6 Å². The maximum absolute atomic E-state index is 6.43. The topological polar surface area (TPSA) is 29.9 Å². The Balaban J connectivity index is 2.08. The first-order chi connectivity index (χ1) is 10.0. The molecule has 21 heavy (non-hydrogen) atoms. The molecule has 120 valence electrons. The van der Waals surface area contributed by atoms with Crippen LogP contribution in [0.15, 0.2) is 0 Å². The molecule has 0 amide bonds. The zero-order chi connectivity index (χ0) is 15.4. The molecule has 1 heterocycles. The van der Waals surface area contributed by atoms with Crippen LogP contribution in [-0.2, 0) is 13.5 Å². The third-order valence-corrected chi connectivity index (χ3v) is 5.45. The van der Waals surface area contributed by atoms with Crippen molar-refractivity contribution in [1.29, 1.82) is 0 Å². The van der Waals surface area contributed by atoms with Crippen molar-refractivity contribution in [2.45, 2.75) is 65.3 Å². The average molecular weight is 312 g/mol. The van der Waals surface area contributed by atoms with Crippen LogP contribution in [0.5, 0.6) is 0 Å². The smallest absolute Gasteiger partial charge is 0.130 e. The van der Waals surface area contributed by atoms with Gasteiger partial charge >= 0.3 is 0 Å². The summed E-state index contributed by atoms with van der Waals surface area (Å²) in [5.41, 5.74) is 2.31. The Morgan fingerprint density at radius 3 is 2.52 bits per heavy atom. The van der Waals surface area contributed by atoms with E-state index in [1.54, 1.807) is 4.68 Å². The molecule has 0 bridgehead atoms. The molecule has 1 saturated carbocycles. The van der Waals surface area contributed by atoms with Crippen LogP contribution in [0.1, 0.15) is 57.2 Å². The van der Waals surface area contributed by atoms with Crippen molar-refractivity contribution < 1.29 is 0 Å². The fraction of sp³-hybridized carbons (Fsp3) is 0.824. The van der Waals surface area contributed by atoms with Gasteiger partial charge in [-0.2, -0.15) is 5.10 Å². The van der Waals surface area contributed by atoms with Gasteiger partial charge in [0.25, 0.3) is 0 Å². The third kappa shape index (κ3) is 4.23. The Labute approximate surface area is 134 Å². The van der Waals surface area contributed by atoms with Gasteiger partial charge in [0.2, 0.25) is 0 Å². The lowest BCUT2D eigenvalue weighted by Crippen LogP contribution is -2.40. The summed E-state index contributed by atoms with van der Waals surface area (Å²) in [5.74, 6) is 1.68. The van der Waals surface area contributed by atoms with E-state index in [1.165, 1.54) is 37.7 Å². The molecule has 0 aliphatic heterocycles. The molecule has 1 aliphatic rings. The molecule has 1 atom stereocenters. The highest BCUT2D eigenvalue weighted by Crippen LogP contribution is 2.32. The average Bonchev–Trinajstić information content (AvgIpc) is 2.70. The lowest BCUT2D eigenvalue weighted by atomic mass is 9.77. The molecule has 1 aromatic heterocycles. The zero-order valence-corrected chi connectivity index (χ0v) is 14.7. The quantitative estimate of drug-likeness (QED) is 0.856. The molecule has 2 rings (SSSR count). The number of aryl methyl sites for hydroxylation is 2. The maximum atomic E-state index is 6.43. The molecule has 1 unspecified atom stereocenters. The second-order valence-electron chi connectivity index (χ2n) is 6.76. The monoisotopic (exact) mass is 311 g/mol. The highest BCUT2D eigenvalue weighted by Gasteiger charge is 2.27. The second-order valence-corrected chi connectivity index (χ2v) is 7.12. The molecule has 1 aliphatic carbocycles. The van der Waals surface area contributed by atoms with E-state index in [0.717, 1.165) is 35.6 Å². The molecule has 0 spiro atoms. The Morgan fingerprint density at radius 1 is 1.33 bits per heavy atom. The Kier molecular flexibility index (Phi) is 6.12. The zero-order valence-electron chi connectivity index (χ0n) is 14.0. The first-order valence-corrected chi connectivity index (χ1v) is 8.82. The van der Waals surface area contributed by atoms with E-state index in [4.69, 9.17) is 11.6 Å². The molecule has 1 fully saturated rings. The van der Waals surface area contributed by atoms with Crippen molar-refractivity contribution in [2.75, 3.05) is 6.54 Å². The summed E-state index contributed by atoms with van der Waals surface area (Å²) in [5, 5.41) is 9.03. The number of hydrogen-bond donors (Lipinski definition) is 1. The summed E-state index contributed by atoms with van der Waals surface area (Å²) in [6.07, 6.45) is 7.62. The standard InChI is InChI=1S/C17H30ClN3/c1-5-10-19-16(14-8-6-12(2)7-9-14)11-15-13(3)20-21(4)17(15)18/h12,14,16,19H,5-11H2,1-4H3. The van der Waals surface area contributed by atoms with E-state index < -0.39 is 0 Å². The Bertz CT molecular complexity index is 447. The molecule has 4 heteroatoms. The van der Waals surface area contributed by atoms with Crippen LogP contribution in [0.2, 0.25) is 5.15 Å². The van der Waals surface area contributed by atoms with Gasteiger partial charge in [-0.15, -0.1) is 0 Å². The van der Waals surface area contributed by atoms with Crippen molar-refractivity contribution in [2.24, 2.45) is 18.9 Å². The molecular formula is C17H30ClN3. The van der Waals surface area contributed by atoms with Crippen molar-refractivity contribution >= 4 is 11.6 Å². The predicted molar refractivity (Wildman–Crippen MR) is 89.9 cm³/mol. The summed E-state index contributed by atoms with van der Waals surface area (Å²) in [4.78, 5) is 0. The normalized spacial score (nSPS) is 24.2. The van der Waals surface area contributed by atoms with Gasteiger partial charge in [0.15, 0.2) is 0 Å². The number of hydrogen-bond acceptors (Lipinski definition) is 2. The SMILES string of the molecule is CCCNC(Cc1c(C)nn(C)c1Cl)C1CCC(C)CC1. The fourth-order valence-corrected chi connectivity index (χ4v) is 3.80. The second kappa shape index (κ2) is 7.64. The fourth-order valence-electron chi connectivity index (χ4n) is 3.55. The number of aromatic nitrogens is 2. The molecular weight excluding hydrogens is 282 g/mol. The minimum absolute atomic E-state index is 0.540. The minimum Gasteiger partial charge on any atom is -0.313 e. The number of nitrogens with one attached hydrogen (secondary N) is 1. The molecule has 0 saturated heterocycles. The molecule has 3 nitrogen and oxygen atoms in total. The van der Waals surface area contributed by atoms with E-state index >= 15 is 0 Å². The van der Waals surface area contributed by atoms with Crippen molar-refractivity contribution in [3.05, 3.63) is 16.4 Å². The number of rotatable bonds is 6. The largest absolute Gasteiger partial charge is 0.313 e. The van der Waals surface area contributed by atoms with Crippen LogP contribution < -0.4 is 5.32 Å². The highest BCUT2D eigenvalue weighted by molar-refractivity contribution is 6.30. The van der Waals surface area contributed by atoms with E-state index in [-0.39, 0.29) is 0 Å². The number of nitrogens with zero attached hydrogens (tertiary/aromatic N) is 2. The minimum atomic E-state index is 0.540. The van der Waals surface area contributed by atoms with Crippen LogP contribution in [0.3, 0.4) is 0 Å². The van der Waals surface area contributed by atoms with E-state index in [9.17, 15) is 0 Å². The maximum Gasteiger partial charge on any atom is 0.130 e. The summed E-state index contributed by atoms with van der Waals surface area (Å²) in [6, 6.07) is 0.540. The molecule has 0 radical (unpaired) electrons. The highest BCUT2D eigenvalue weighted by atomic mass is 35.5. The summed E-state index contributed by atoms with van der Waals surface area (Å²) < 4.78 is 1.80. The van der Waals surface area contributed by atoms with Crippen molar-refractivity contribution in [3.63, 3.8) is 0 Å². The molecule has 0 aromatic carbocycles. The van der Waals surface area contributed by atoms with Gasteiger partial charge < -0.3 is 5.32 Å². The summed E-state index contributed by atoms with van der Waals surface area (Å²) in [6.45, 7) is 7.77. The van der Waals surface area contributed by atoms with E-state index in [2.05, 4.69) is 31.2 Å². The van der Waals surface area contributed by atoms with Gasteiger partial charge in [-0.25, -0.2) is 0 Å². The van der Waals surface area contributed by atoms with Gasteiger partial charge in [0.1, 0.15) is 5.15 Å². The Morgan fingerprint density at radius 2 is 2.00 bits per heavy atom. The lowest BCUT2D eigenvalue weighted by molar-refractivity contribution is 0.228. The van der Waals surface area contributed by atoms with Crippen molar-refractivity contribution in [1.82, 2.24) is 15.1 Å².